The summed E-state index contributed by atoms with van der Waals surface area (Å²) in [5.41, 5.74) is 1.12. The zero-order valence-corrected chi connectivity index (χ0v) is 14.9. The van der Waals surface area contributed by atoms with Gasteiger partial charge in [0.05, 0.1) is 16.4 Å². The third-order valence-corrected chi connectivity index (χ3v) is 3.24. The molecule has 0 atom stereocenters. The summed E-state index contributed by atoms with van der Waals surface area (Å²) in [6.45, 7) is 0. The molecule has 2 rings (SSSR count). The molecular weight excluding hydrogens is 307 g/mol. The Morgan fingerprint density at radius 2 is 1.90 bits per heavy atom. The van der Waals surface area contributed by atoms with Crippen LogP contribution in [0.2, 0.25) is 0 Å². The van der Waals surface area contributed by atoms with Crippen LogP contribution in [-0.2, 0) is 10.1 Å². The molecule has 0 spiro atoms. The molecular formula is C13H15NaO4S2. The van der Waals surface area contributed by atoms with E-state index < -0.39 is 10.1 Å². The van der Waals surface area contributed by atoms with Gasteiger partial charge in [-0.15, -0.1) is 0 Å². The van der Waals surface area contributed by atoms with Crippen molar-refractivity contribution in [2.75, 3.05) is 11.5 Å². The molecule has 7 heteroatoms. The van der Waals surface area contributed by atoms with Crippen LogP contribution in [0.25, 0.3) is 6.08 Å². The summed E-state index contributed by atoms with van der Waals surface area (Å²) in [5.74, 6) is 1.07. The Morgan fingerprint density at radius 1 is 1.20 bits per heavy atom. The molecule has 1 aromatic rings. The van der Waals surface area contributed by atoms with Gasteiger partial charge < -0.3 is 9.29 Å². The van der Waals surface area contributed by atoms with Crippen molar-refractivity contribution < 1.29 is 47.3 Å². The van der Waals surface area contributed by atoms with E-state index in [4.69, 9.17) is 4.74 Å². The quantitative estimate of drug-likeness (QED) is 0.461. The minimum atomic E-state index is -3.99. The number of ether oxygens (including phenoxy) is 1. The van der Waals surface area contributed by atoms with Crippen molar-refractivity contribution in [3.8, 4) is 5.75 Å². The van der Waals surface area contributed by atoms with E-state index in [1.165, 1.54) is 0 Å². The number of rotatable bonds is 3. The third-order valence-electron chi connectivity index (χ3n) is 2.13. The van der Waals surface area contributed by atoms with Gasteiger partial charge >= 0.3 is 29.6 Å². The topological polar surface area (TPSA) is 66.4 Å². The van der Waals surface area contributed by atoms with Gasteiger partial charge in [0.15, 0.2) is 0 Å². The molecule has 0 amide bonds. The van der Waals surface area contributed by atoms with Crippen molar-refractivity contribution in [2.24, 2.45) is 0 Å². The molecule has 20 heavy (non-hydrogen) atoms. The van der Waals surface area contributed by atoms with Gasteiger partial charge in [-0.25, -0.2) is 8.42 Å². The van der Waals surface area contributed by atoms with Crippen molar-refractivity contribution >= 4 is 28.8 Å². The van der Waals surface area contributed by atoms with Crippen LogP contribution < -0.4 is 34.3 Å². The zero-order chi connectivity index (χ0) is 14.1. The molecule has 0 bridgehead atoms. The van der Waals surface area contributed by atoms with Gasteiger partial charge in [-0.3, -0.25) is 0 Å². The molecule has 1 aromatic carbocycles. The van der Waals surface area contributed by atoms with Gasteiger partial charge in [0.1, 0.15) is 5.75 Å². The summed E-state index contributed by atoms with van der Waals surface area (Å²) >= 11 is 3.73. The first-order valence-corrected chi connectivity index (χ1v) is 7.87. The number of fused-ring (bicyclic) bond motifs is 1. The normalized spacial score (nSPS) is 12.1. The van der Waals surface area contributed by atoms with Gasteiger partial charge in [0, 0.05) is 11.3 Å². The fourth-order valence-electron chi connectivity index (χ4n) is 1.28. The molecule has 0 N–H and O–H groups in total. The molecule has 0 saturated heterocycles. The largest absolute Gasteiger partial charge is 1.00 e. The summed E-state index contributed by atoms with van der Waals surface area (Å²) in [4.78, 5) is 0. The Bertz CT molecular complexity index is 553. The maximum atomic E-state index is 9.80. The molecule has 1 aliphatic heterocycles. The molecule has 1 aliphatic rings. The number of hydrogen-bond donors (Lipinski definition) is 1. The van der Waals surface area contributed by atoms with Crippen molar-refractivity contribution in [3.63, 3.8) is 0 Å². The van der Waals surface area contributed by atoms with Crippen LogP contribution in [0, 0.1) is 0 Å². The Labute approximate surface area is 147 Å². The van der Waals surface area contributed by atoms with E-state index >= 15 is 0 Å². The minimum absolute atomic E-state index is 0. The molecule has 0 aromatic heterocycles. The van der Waals surface area contributed by atoms with Gasteiger partial charge in [-0.05, 0) is 24.3 Å². The number of thiol groups is 1. The second-order valence-electron chi connectivity index (χ2n) is 3.68. The molecule has 0 aliphatic carbocycles. The first kappa shape index (κ1) is 19.8. The van der Waals surface area contributed by atoms with Gasteiger partial charge in [-0.2, -0.15) is 12.6 Å². The monoisotopic (exact) mass is 322 g/mol. The van der Waals surface area contributed by atoms with Crippen molar-refractivity contribution in [1.82, 2.24) is 0 Å². The van der Waals surface area contributed by atoms with Crippen LogP contribution in [0.4, 0.5) is 0 Å². The maximum absolute atomic E-state index is 9.80. The second kappa shape index (κ2) is 10.5. The van der Waals surface area contributed by atoms with Crippen molar-refractivity contribution in [3.05, 3.63) is 48.2 Å². The van der Waals surface area contributed by atoms with Gasteiger partial charge in [0.25, 0.3) is 0 Å². The van der Waals surface area contributed by atoms with Crippen LogP contribution in [0.1, 0.15) is 12.0 Å². The first-order chi connectivity index (χ1) is 9.03. The van der Waals surface area contributed by atoms with E-state index in [0.717, 1.165) is 11.3 Å². The third kappa shape index (κ3) is 8.84. The number of allylic oxidation sites excluding steroid dienone is 2. The summed E-state index contributed by atoms with van der Waals surface area (Å²) in [6.07, 6.45) is 7.89. The van der Waals surface area contributed by atoms with Crippen LogP contribution in [0.5, 0.6) is 5.75 Å². The number of benzene rings is 1. The van der Waals surface area contributed by atoms with E-state index in [-0.39, 0.29) is 35.3 Å². The van der Waals surface area contributed by atoms with Crippen LogP contribution >= 0.6 is 12.6 Å². The standard InChI is InChI=1S/C10H8O.C3H8O3S2.Na/c1-2-7-10-9(5-1)6-3-4-8-11-10;4-8(5,6)3-1-2-7;/h1-8H;7H,1-3H2,(H,4,5,6);/q;;+1/p-1. The number of hydrogen-bond acceptors (Lipinski definition) is 5. The summed E-state index contributed by atoms with van der Waals surface area (Å²) in [5, 5.41) is 0. The Kier molecular flexibility index (Phi) is 10.4. The maximum Gasteiger partial charge on any atom is 1.00 e. The Hall–Kier alpha value is -0.240. The average molecular weight is 322 g/mol. The Morgan fingerprint density at radius 3 is 2.50 bits per heavy atom. The summed E-state index contributed by atoms with van der Waals surface area (Å²) < 4.78 is 34.7. The molecule has 0 saturated carbocycles. The van der Waals surface area contributed by atoms with Crippen molar-refractivity contribution in [2.45, 2.75) is 6.42 Å². The van der Waals surface area contributed by atoms with E-state index in [1.54, 1.807) is 6.26 Å². The van der Waals surface area contributed by atoms with E-state index in [0.29, 0.717) is 12.2 Å². The van der Waals surface area contributed by atoms with E-state index in [9.17, 15) is 13.0 Å². The fourth-order valence-corrected chi connectivity index (χ4v) is 2.15. The molecule has 104 valence electrons. The first-order valence-electron chi connectivity index (χ1n) is 5.66. The molecule has 0 fully saturated rings. The SMILES string of the molecule is C1=COc2ccccc2C=C1.O=S(=O)([O-])CCCS.[Na+]. The predicted molar refractivity (Wildman–Crippen MR) is 78.3 cm³/mol. The fraction of sp³-hybridized carbons (Fsp3) is 0.231. The minimum Gasteiger partial charge on any atom is -0.748 e. The Balaban J connectivity index is 0.000000364. The van der Waals surface area contributed by atoms with Gasteiger partial charge in [-0.1, -0.05) is 30.4 Å². The second-order valence-corrected chi connectivity index (χ2v) is 5.65. The van der Waals surface area contributed by atoms with Crippen molar-refractivity contribution in [1.29, 1.82) is 0 Å². The summed E-state index contributed by atoms with van der Waals surface area (Å²) in [6, 6.07) is 7.94. The van der Waals surface area contributed by atoms with Crippen LogP contribution in [0.3, 0.4) is 0 Å². The number of para-hydroxylation sites is 1. The van der Waals surface area contributed by atoms with Gasteiger partial charge in [0.2, 0.25) is 0 Å². The molecule has 4 nitrogen and oxygen atoms in total. The predicted octanol–water partition coefficient (Wildman–Crippen LogP) is -0.539. The molecule has 1 heterocycles. The van der Waals surface area contributed by atoms with E-state index in [1.807, 2.05) is 42.5 Å². The molecule has 0 radical (unpaired) electrons. The van der Waals surface area contributed by atoms with Crippen LogP contribution in [0.15, 0.2) is 42.7 Å². The zero-order valence-electron chi connectivity index (χ0n) is 11.2. The molecule has 0 unspecified atom stereocenters. The van der Waals surface area contributed by atoms with E-state index in [2.05, 4.69) is 12.6 Å². The smallest absolute Gasteiger partial charge is 0.748 e. The average Bonchev–Trinajstić information content (AvgIpc) is 2.61. The van der Waals surface area contributed by atoms with Crippen LogP contribution in [-0.4, -0.2) is 24.5 Å². The summed E-state index contributed by atoms with van der Waals surface area (Å²) in [7, 11) is -3.99.